The number of nitrogens with zero attached hydrogens (tertiary/aromatic N) is 9. The molecule has 1 aromatic rings. The summed E-state index contributed by atoms with van der Waals surface area (Å²) in [6.07, 6.45) is -2.67. The highest BCUT2D eigenvalue weighted by Gasteiger charge is 2.43. The summed E-state index contributed by atoms with van der Waals surface area (Å²) in [5.41, 5.74) is 8.12. The molecule has 18 heavy (non-hydrogen) atoms. The minimum absolute atomic E-state index is 0.0577. The third-order valence-electron chi connectivity index (χ3n) is 1.50. The summed E-state index contributed by atoms with van der Waals surface area (Å²) in [6, 6.07) is 0. The first-order chi connectivity index (χ1) is 8.38. The summed E-state index contributed by atoms with van der Waals surface area (Å²) < 4.78 is -0.0577. The molecule has 94 valence electrons. The molecule has 0 unspecified atom stereocenters. The number of azide groups is 1. The van der Waals surface area contributed by atoms with Crippen LogP contribution in [0.4, 0.5) is 11.9 Å². The minimum atomic E-state index is -2.67. The zero-order valence-electron chi connectivity index (χ0n) is 8.05. The summed E-state index contributed by atoms with van der Waals surface area (Å²) in [7, 11) is 0. The Hall–Kier alpha value is -3.35. The van der Waals surface area contributed by atoms with E-state index in [0.717, 1.165) is 0 Å². The Morgan fingerprint density at radius 1 is 1.28 bits per heavy atom. The van der Waals surface area contributed by atoms with Crippen molar-refractivity contribution < 1.29 is 14.8 Å². The van der Waals surface area contributed by atoms with Gasteiger partial charge in [-0.15, -0.1) is 0 Å². The molecule has 0 fully saturated rings. The maximum Gasteiger partial charge on any atom is 0.567 e. The van der Waals surface area contributed by atoms with Gasteiger partial charge in [0.1, 0.15) is 9.85 Å². The van der Waals surface area contributed by atoms with Crippen LogP contribution in [0.25, 0.3) is 10.4 Å². The Kier molecular flexibility index (Phi) is 3.29. The Morgan fingerprint density at radius 3 is 2.22 bits per heavy atom. The second-order valence-electron chi connectivity index (χ2n) is 2.52. The number of rotatable bonds is 5. The van der Waals surface area contributed by atoms with Gasteiger partial charge in [-0.25, -0.2) is 0 Å². The monoisotopic (exact) mass is 259 g/mol. The number of aromatic nitrogens is 3. The lowest BCUT2D eigenvalue weighted by Crippen LogP contribution is -2.27. The molecule has 0 bridgehead atoms. The normalized spacial score (nSPS) is 9.83. The lowest BCUT2D eigenvalue weighted by atomic mass is 10.8. The number of hydrogen-bond donors (Lipinski definition) is 0. The Morgan fingerprint density at radius 2 is 1.83 bits per heavy atom. The van der Waals surface area contributed by atoms with Crippen molar-refractivity contribution in [1.29, 1.82) is 0 Å². The molecule has 0 atom stereocenters. The van der Waals surface area contributed by atoms with Crippen molar-refractivity contribution in [1.82, 2.24) is 14.8 Å². The average molecular weight is 259 g/mol. The zero-order valence-corrected chi connectivity index (χ0v) is 8.05. The van der Waals surface area contributed by atoms with Crippen LogP contribution in [0, 0.1) is 30.3 Å². The highest BCUT2D eigenvalue weighted by molar-refractivity contribution is 5.20. The van der Waals surface area contributed by atoms with Crippen molar-refractivity contribution in [2.45, 2.75) is 6.29 Å². The van der Waals surface area contributed by atoms with Gasteiger partial charge in [0.15, 0.2) is 0 Å². The average Bonchev–Trinajstić information content (AvgIpc) is 2.62. The van der Waals surface area contributed by atoms with E-state index >= 15 is 0 Å². The summed E-state index contributed by atoms with van der Waals surface area (Å²) in [5.74, 6) is -2.12. The minimum Gasteiger partial charge on any atom is -0.390 e. The second kappa shape index (κ2) is 4.66. The van der Waals surface area contributed by atoms with Crippen molar-refractivity contribution >= 4 is 11.9 Å². The van der Waals surface area contributed by atoms with Crippen LogP contribution in [-0.2, 0) is 0 Å². The maximum absolute atomic E-state index is 10.4. The van der Waals surface area contributed by atoms with Crippen LogP contribution in [0.5, 0.6) is 0 Å². The van der Waals surface area contributed by atoms with Crippen molar-refractivity contribution in [3.8, 4) is 0 Å². The molecule has 1 rings (SSSR count). The van der Waals surface area contributed by atoms with E-state index in [2.05, 4.69) is 20.1 Å². The van der Waals surface area contributed by atoms with Gasteiger partial charge in [-0.3, -0.25) is 20.2 Å². The summed E-state index contributed by atoms with van der Waals surface area (Å²) in [4.78, 5) is 32.5. The van der Waals surface area contributed by atoms with Gasteiger partial charge in [0.05, 0.1) is 0 Å². The molecule has 0 aliphatic carbocycles. The highest BCUT2D eigenvalue weighted by atomic mass is 16.7. The van der Waals surface area contributed by atoms with Gasteiger partial charge in [-0.05, 0) is 20.1 Å². The largest absolute Gasteiger partial charge is 0.567 e. The molecule has 1 aromatic heterocycles. The van der Waals surface area contributed by atoms with Crippen molar-refractivity contribution in [3.05, 3.63) is 40.8 Å². The predicted octanol–water partition coefficient (Wildman–Crippen LogP) is 0.138. The summed E-state index contributed by atoms with van der Waals surface area (Å²) in [6.45, 7) is 0. The van der Waals surface area contributed by atoms with E-state index in [9.17, 15) is 30.3 Å². The van der Waals surface area contributed by atoms with Crippen molar-refractivity contribution in [2.75, 3.05) is 0 Å². The van der Waals surface area contributed by atoms with E-state index in [-0.39, 0.29) is 4.68 Å². The van der Waals surface area contributed by atoms with Crippen LogP contribution >= 0.6 is 0 Å². The highest BCUT2D eigenvalue weighted by Crippen LogP contribution is 2.20. The van der Waals surface area contributed by atoms with Gasteiger partial charge in [-0.2, -0.15) is 0 Å². The Bertz CT molecular complexity index is 555. The van der Waals surface area contributed by atoms with Crippen molar-refractivity contribution in [3.63, 3.8) is 0 Å². The van der Waals surface area contributed by atoms with Crippen molar-refractivity contribution in [2.24, 2.45) is 5.11 Å². The van der Waals surface area contributed by atoms with Gasteiger partial charge < -0.3 is 10.1 Å². The molecular formula is C3HN9O6. The fourth-order valence-corrected chi connectivity index (χ4v) is 0.900. The van der Waals surface area contributed by atoms with Gasteiger partial charge in [0.2, 0.25) is 0 Å². The molecular weight excluding hydrogens is 258 g/mol. The summed E-state index contributed by atoms with van der Waals surface area (Å²) >= 11 is 0. The Labute approximate surface area is 94.7 Å². The molecule has 1 heterocycles. The molecule has 0 aliphatic rings. The summed E-state index contributed by atoms with van der Waals surface area (Å²) in [5, 5.41) is 36.9. The third-order valence-corrected chi connectivity index (χ3v) is 1.50. The molecule has 0 aliphatic heterocycles. The first-order valence-corrected chi connectivity index (χ1v) is 3.81. The topological polar surface area (TPSA) is 209 Å². The van der Waals surface area contributed by atoms with E-state index in [4.69, 9.17) is 5.53 Å². The van der Waals surface area contributed by atoms with E-state index in [1.165, 1.54) is 0 Å². The fraction of sp³-hybridized carbons (Fsp3) is 0.333. The van der Waals surface area contributed by atoms with E-state index < -0.39 is 33.0 Å². The smallest absolute Gasteiger partial charge is 0.390 e. The lowest BCUT2D eigenvalue weighted by molar-refractivity contribution is -0.774. The third kappa shape index (κ3) is 2.25. The molecule has 0 amide bonds. The van der Waals surface area contributed by atoms with Crippen LogP contribution in [0.2, 0.25) is 0 Å². The zero-order chi connectivity index (χ0) is 13.9. The standard InChI is InChI=1S/C3HN9O6/c4-8-6-1-5-2(10(13)14)7-9(1)3(11(15)16)12(17)18/h3H. The van der Waals surface area contributed by atoms with Gasteiger partial charge in [-0.1, -0.05) is 0 Å². The van der Waals surface area contributed by atoms with Crippen LogP contribution in [0.1, 0.15) is 6.29 Å². The quantitative estimate of drug-likeness (QED) is 0.176. The Balaban J connectivity index is 3.44. The van der Waals surface area contributed by atoms with E-state index in [1.807, 2.05) is 0 Å². The first kappa shape index (κ1) is 12.7. The van der Waals surface area contributed by atoms with Gasteiger partial charge in [0.25, 0.3) is 0 Å². The molecule has 0 aromatic carbocycles. The molecule has 0 spiro atoms. The molecule has 0 radical (unpaired) electrons. The maximum atomic E-state index is 10.4. The van der Waals surface area contributed by atoms with Crippen LogP contribution < -0.4 is 0 Å². The molecule has 15 heteroatoms. The van der Waals surface area contributed by atoms with E-state index in [0.29, 0.717) is 0 Å². The number of hydrogen-bond acceptors (Lipinski definition) is 9. The van der Waals surface area contributed by atoms with Gasteiger partial charge >= 0.3 is 18.2 Å². The lowest BCUT2D eigenvalue weighted by Gasteiger charge is -1.97. The van der Waals surface area contributed by atoms with Crippen LogP contribution in [0.3, 0.4) is 0 Å². The molecule has 0 saturated heterocycles. The molecule has 0 N–H and O–H groups in total. The molecule has 15 nitrogen and oxygen atoms in total. The van der Waals surface area contributed by atoms with Crippen LogP contribution in [-0.4, -0.2) is 29.5 Å². The molecule has 0 saturated carbocycles. The number of nitro groups is 3. The van der Waals surface area contributed by atoms with Gasteiger partial charge in [0, 0.05) is 15.1 Å². The predicted molar refractivity (Wildman–Crippen MR) is 48.5 cm³/mol. The second-order valence-corrected chi connectivity index (χ2v) is 2.52. The van der Waals surface area contributed by atoms with E-state index in [1.54, 1.807) is 0 Å². The first-order valence-electron chi connectivity index (χ1n) is 3.81. The van der Waals surface area contributed by atoms with Crippen LogP contribution in [0.15, 0.2) is 5.11 Å². The fourth-order valence-electron chi connectivity index (χ4n) is 0.900. The SMILES string of the molecule is [N-]=[N+]=Nc1nc([N+](=O)[O-])nn1C([N+](=O)[O-])[N+](=O)[O-].